The minimum Gasteiger partial charge on any atom is -0.502 e. The van der Waals surface area contributed by atoms with Crippen LogP contribution in [0.15, 0.2) is 103 Å². The maximum Gasteiger partial charge on any atom is 0.235 e. The van der Waals surface area contributed by atoms with Crippen LogP contribution in [0.1, 0.15) is 67.6 Å². The molecule has 1 radical (unpaired) electrons. The Bertz CT molecular complexity index is 2110. The van der Waals surface area contributed by atoms with E-state index < -0.39 is 0 Å². The summed E-state index contributed by atoms with van der Waals surface area (Å²) >= 11 is 0. The van der Waals surface area contributed by atoms with Crippen LogP contribution in [0.3, 0.4) is 0 Å². The Kier molecular flexibility index (Phi) is 14.8. The van der Waals surface area contributed by atoms with Gasteiger partial charge in [-0.1, -0.05) is 62.1 Å². The molecule has 0 spiro atoms. The van der Waals surface area contributed by atoms with Crippen molar-refractivity contribution in [2.75, 3.05) is 16.8 Å². The zero-order valence-electron chi connectivity index (χ0n) is 31.5. The van der Waals surface area contributed by atoms with E-state index in [0.717, 1.165) is 102 Å². The number of unbranched alkanes of at least 4 members (excludes halogenated alkanes) is 1. The molecule has 6 aromatic rings. The van der Waals surface area contributed by atoms with Gasteiger partial charge in [0, 0.05) is 49.4 Å². The Morgan fingerprint density at radius 3 is 1.96 bits per heavy atom. The maximum absolute atomic E-state index is 9.09. The van der Waals surface area contributed by atoms with Gasteiger partial charge < -0.3 is 19.8 Å². The molecule has 0 aliphatic carbocycles. The van der Waals surface area contributed by atoms with Crippen LogP contribution in [-0.2, 0) is 45.8 Å². The van der Waals surface area contributed by atoms with Crippen molar-refractivity contribution in [1.29, 1.82) is 5.26 Å². The van der Waals surface area contributed by atoms with Crippen molar-refractivity contribution in [3.63, 3.8) is 0 Å². The predicted molar refractivity (Wildman–Crippen MR) is 217 cm³/mol. The molecule has 55 heavy (non-hydrogen) atoms. The summed E-state index contributed by atoms with van der Waals surface area (Å²) in [6.45, 7) is 13.6. The second-order valence-electron chi connectivity index (χ2n) is 13.3. The molecular formula is C47H43IrN7-4. The Labute approximate surface area is 339 Å². The maximum atomic E-state index is 9.09. The molecular weight excluding hydrogens is 855 g/mol. The van der Waals surface area contributed by atoms with Crippen molar-refractivity contribution in [1.82, 2.24) is 15.0 Å². The number of para-hydroxylation sites is 1. The van der Waals surface area contributed by atoms with Gasteiger partial charge in [-0.15, -0.1) is 53.2 Å². The topological polar surface area (TPSA) is 73.3 Å². The van der Waals surface area contributed by atoms with Crippen LogP contribution in [0.2, 0.25) is 0 Å². The zero-order valence-corrected chi connectivity index (χ0v) is 33.9. The second kappa shape index (κ2) is 20.1. The molecule has 1 aliphatic rings. The van der Waals surface area contributed by atoms with E-state index in [9.17, 15) is 0 Å². The number of fused-ring (bicyclic) bond motifs is 1. The molecule has 0 fully saturated rings. The summed E-state index contributed by atoms with van der Waals surface area (Å²) in [6.07, 6.45) is 9.89. The molecule has 1 aliphatic heterocycles. The average Bonchev–Trinajstić information content (AvgIpc) is 3.56. The van der Waals surface area contributed by atoms with E-state index in [4.69, 9.17) is 21.8 Å². The SMILES string of the molecule is CN1[CH-]N(c2[c-]cccc2)c2ncccc21.[C-]#[N+]c1c[c-]c(-c2cc(CCC)cc(CCCCc3cc(CCC)cc(-c4[c-]cc(C#N)cc4)n3)n2)cc1.[Ir]. The first-order chi connectivity index (χ1) is 26.5. The number of aromatic nitrogens is 3. The number of hydrogen-bond donors (Lipinski definition) is 0. The molecule has 0 saturated heterocycles. The van der Waals surface area contributed by atoms with Gasteiger partial charge in [0.1, 0.15) is 12.4 Å². The Hall–Kier alpha value is -5.66. The minimum absolute atomic E-state index is 0. The molecule has 0 amide bonds. The molecule has 0 bridgehead atoms. The number of nitriles is 1. The van der Waals surface area contributed by atoms with Gasteiger partial charge in [0.2, 0.25) is 5.69 Å². The molecule has 0 saturated carbocycles. The summed E-state index contributed by atoms with van der Waals surface area (Å²) < 4.78 is 0. The average molecular weight is 898 g/mol. The third-order valence-electron chi connectivity index (χ3n) is 9.10. The van der Waals surface area contributed by atoms with Crippen LogP contribution in [0, 0.1) is 42.8 Å². The Balaban J connectivity index is 0.000000283. The van der Waals surface area contributed by atoms with Crippen LogP contribution >= 0.6 is 0 Å². The number of aryl methyl sites for hydroxylation is 4. The van der Waals surface area contributed by atoms with Crippen molar-refractivity contribution < 1.29 is 20.1 Å². The molecule has 7 nitrogen and oxygen atoms in total. The van der Waals surface area contributed by atoms with Gasteiger partial charge in [0.05, 0.1) is 0 Å². The number of rotatable bonds is 12. The molecule has 0 unspecified atom stereocenters. The van der Waals surface area contributed by atoms with E-state index >= 15 is 0 Å². The van der Waals surface area contributed by atoms with Crippen LogP contribution in [0.5, 0.6) is 0 Å². The summed E-state index contributed by atoms with van der Waals surface area (Å²) in [6, 6.07) is 43.5. The smallest absolute Gasteiger partial charge is 0.235 e. The fraction of sp³-hybridized carbons (Fsp3) is 0.234. The second-order valence-corrected chi connectivity index (χ2v) is 13.3. The first-order valence-electron chi connectivity index (χ1n) is 18.6. The van der Waals surface area contributed by atoms with Crippen molar-refractivity contribution in [2.45, 2.75) is 65.2 Å². The van der Waals surface area contributed by atoms with Crippen molar-refractivity contribution in [2.24, 2.45) is 0 Å². The number of pyridine rings is 3. The van der Waals surface area contributed by atoms with Crippen LogP contribution in [0.4, 0.5) is 22.9 Å². The summed E-state index contributed by atoms with van der Waals surface area (Å²) in [4.78, 5) is 21.8. The molecule has 0 N–H and O–H groups in total. The van der Waals surface area contributed by atoms with Crippen LogP contribution in [-0.4, -0.2) is 22.0 Å². The molecule has 7 rings (SSSR count). The van der Waals surface area contributed by atoms with Gasteiger partial charge in [0.15, 0.2) is 0 Å². The largest absolute Gasteiger partial charge is 0.502 e. The van der Waals surface area contributed by atoms with Gasteiger partial charge >= 0.3 is 0 Å². The molecule has 3 aromatic carbocycles. The first kappa shape index (κ1) is 40.5. The third-order valence-corrected chi connectivity index (χ3v) is 9.10. The number of hydrogen-bond acceptors (Lipinski definition) is 6. The summed E-state index contributed by atoms with van der Waals surface area (Å²) in [5.41, 5.74) is 11.8. The van der Waals surface area contributed by atoms with Crippen molar-refractivity contribution in [3.05, 3.63) is 168 Å². The summed E-state index contributed by atoms with van der Waals surface area (Å²) in [7, 11) is 2.02. The summed E-state index contributed by atoms with van der Waals surface area (Å²) in [5.74, 6) is 0.951. The van der Waals surface area contributed by atoms with E-state index in [1.165, 1.54) is 11.1 Å². The van der Waals surface area contributed by atoms with E-state index in [-0.39, 0.29) is 20.1 Å². The molecule has 3 aromatic heterocycles. The number of anilines is 3. The van der Waals surface area contributed by atoms with E-state index in [1.54, 1.807) is 12.1 Å². The van der Waals surface area contributed by atoms with Gasteiger partial charge in [-0.05, 0) is 86.8 Å². The van der Waals surface area contributed by atoms with Crippen molar-refractivity contribution >= 4 is 22.9 Å². The van der Waals surface area contributed by atoms with E-state index in [1.807, 2.05) is 79.4 Å². The molecule has 8 heteroatoms. The van der Waals surface area contributed by atoms with Gasteiger partial charge in [-0.3, -0.25) is 0 Å². The minimum atomic E-state index is 0. The zero-order chi connectivity index (χ0) is 37.7. The van der Waals surface area contributed by atoms with E-state index in [0.29, 0.717) is 11.3 Å². The normalized spacial score (nSPS) is 11.4. The quantitative estimate of drug-likeness (QED) is 0.0900. The predicted octanol–water partition coefficient (Wildman–Crippen LogP) is 10.9. The van der Waals surface area contributed by atoms with Crippen molar-refractivity contribution in [3.8, 4) is 28.6 Å². The standard InChI is InChI=1S/C34H32N4.C13H11N3.Ir/c1-4-8-26-20-31(37-33(22-26)28-14-12-25(24-35)13-15-28)10-6-7-11-32-21-27(9-5-2)23-34(38-32)29-16-18-30(36-3)19-17-29;1-15-10-16(11-6-3-2-4-7-11)13-12(15)8-5-9-14-13;/h12-14,16,18-23H,4-11H2,1-2H3;2-6,8-10H,1H3;/q2*-2;. The summed E-state index contributed by atoms with van der Waals surface area (Å²) in [5, 5.41) is 9.09. The Morgan fingerprint density at radius 2 is 1.44 bits per heavy atom. The van der Waals surface area contributed by atoms with Gasteiger partial charge in [-0.25, -0.2) is 10.2 Å². The number of nitrogens with zero attached hydrogens (tertiary/aromatic N) is 7. The van der Waals surface area contributed by atoms with Gasteiger partial charge in [0.25, 0.3) is 0 Å². The van der Waals surface area contributed by atoms with Gasteiger partial charge in [-0.2, -0.15) is 41.8 Å². The third kappa shape index (κ3) is 10.7. The van der Waals surface area contributed by atoms with Crippen LogP contribution < -0.4 is 9.80 Å². The monoisotopic (exact) mass is 898 g/mol. The molecule has 0 atom stereocenters. The molecule has 279 valence electrons. The Morgan fingerprint density at radius 1 is 0.782 bits per heavy atom. The number of benzene rings is 3. The fourth-order valence-corrected chi connectivity index (χ4v) is 6.46. The first-order valence-corrected chi connectivity index (χ1v) is 18.6. The van der Waals surface area contributed by atoms with Crippen LogP contribution in [0.25, 0.3) is 27.4 Å². The fourth-order valence-electron chi connectivity index (χ4n) is 6.46. The van der Waals surface area contributed by atoms with E-state index in [2.05, 4.69) is 83.2 Å². The molecule has 4 heterocycles.